The van der Waals surface area contributed by atoms with E-state index in [4.69, 9.17) is 8.83 Å². The molecule has 0 radical (unpaired) electrons. The van der Waals surface area contributed by atoms with Gasteiger partial charge in [-0.1, -0.05) is 61.9 Å². The number of halogens is 6. The molecule has 0 atom stereocenters. The van der Waals surface area contributed by atoms with Crippen LogP contribution in [0.1, 0.15) is 30.5 Å². The van der Waals surface area contributed by atoms with Crippen molar-refractivity contribution in [3.8, 4) is 22.9 Å². The van der Waals surface area contributed by atoms with Gasteiger partial charge in [0.2, 0.25) is 17.2 Å². The molecule has 0 spiro atoms. The molecule has 0 aliphatic rings. The molecule has 0 N–H and O–H groups in total. The van der Waals surface area contributed by atoms with Gasteiger partial charge in [0.05, 0.1) is 0 Å². The molecule has 0 saturated carbocycles. The Kier molecular flexibility index (Phi) is 7.34. The lowest BCUT2D eigenvalue weighted by atomic mass is 9.72. The minimum Gasteiger partial charge on any atom is -0.436 e. The summed E-state index contributed by atoms with van der Waals surface area (Å²) in [5.74, 6) is 0.152. The van der Waals surface area contributed by atoms with Crippen molar-refractivity contribution in [3.63, 3.8) is 0 Å². The van der Waals surface area contributed by atoms with Gasteiger partial charge in [-0.15, -0.1) is 0 Å². The second kappa shape index (κ2) is 10.7. The van der Waals surface area contributed by atoms with Crippen molar-refractivity contribution in [1.29, 1.82) is 0 Å². The molecule has 0 aliphatic carbocycles. The van der Waals surface area contributed by atoms with Crippen molar-refractivity contribution in [3.05, 3.63) is 108 Å². The molecule has 216 valence electrons. The number of aromatic nitrogens is 2. The van der Waals surface area contributed by atoms with Crippen LogP contribution in [0.25, 0.3) is 45.1 Å². The first kappa shape index (κ1) is 28.9. The Morgan fingerprint density at radius 1 is 0.548 bits per heavy atom. The molecule has 6 aromatic rings. The highest BCUT2D eigenvalue weighted by Gasteiger charge is 2.72. The van der Waals surface area contributed by atoms with Crippen LogP contribution < -0.4 is 0 Å². The number of fused-ring (bicyclic) bond motifs is 2. The maximum Gasteiger partial charge on any atom is 0.411 e. The zero-order valence-corrected chi connectivity index (χ0v) is 22.6. The molecule has 2 aromatic heterocycles. The van der Waals surface area contributed by atoms with Crippen LogP contribution in [0.4, 0.5) is 26.3 Å². The van der Waals surface area contributed by atoms with E-state index in [0.717, 1.165) is 42.0 Å². The van der Waals surface area contributed by atoms with Gasteiger partial charge in [-0.05, 0) is 66.6 Å². The summed E-state index contributed by atoms with van der Waals surface area (Å²) < 4.78 is 100. The average Bonchev–Trinajstić information content (AvgIpc) is 3.58. The van der Waals surface area contributed by atoms with E-state index < -0.39 is 28.9 Å². The molecule has 0 aliphatic heterocycles. The van der Waals surface area contributed by atoms with E-state index in [-0.39, 0.29) is 34.0 Å². The second-order valence-electron chi connectivity index (χ2n) is 9.38. The second-order valence-corrected chi connectivity index (χ2v) is 9.38. The average molecular weight is 583 g/mol. The van der Waals surface area contributed by atoms with Crippen LogP contribution in [0.2, 0.25) is 0 Å². The minimum absolute atomic E-state index is 0.0514. The van der Waals surface area contributed by atoms with Gasteiger partial charge in [-0.25, -0.2) is 9.97 Å². The maximum atomic E-state index is 14.8. The normalized spacial score (nSPS) is 12.4. The summed E-state index contributed by atoms with van der Waals surface area (Å²) in [4.78, 5) is 8.38. The first-order chi connectivity index (χ1) is 20.0. The molecular weight excluding hydrogens is 558 g/mol. The molecular formula is C32H24F6N2O2. The number of aryl methyl sites for hydroxylation is 1. The number of nitrogens with zero attached hydrogens (tertiary/aromatic N) is 2. The molecule has 0 amide bonds. The predicted molar refractivity (Wildman–Crippen MR) is 148 cm³/mol. The Morgan fingerprint density at radius 3 is 1.40 bits per heavy atom. The Labute approximate surface area is 236 Å². The summed E-state index contributed by atoms with van der Waals surface area (Å²) in [6, 6.07) is 20.7. The van der Waals surface area contributed by atoms with Crippen LogP contribution in [-0.2, 0) is 5.41 Å². The van der Waals surface area contributed by atoms with Crippen LogP contribution in [-0.4, -0.2) is 22.3 Å². The summed E-state index contributed by atoms with van der Waals surface area (Å²) in [5.41, 5.74) is -4.62. The van der Waals surface area contributed by atoms with Gasteiger partial charge in [-0.2, -0.15) is 26.3 Å². The number of rotatable bonds is 4. The Bertz CT molecular complexity index is 1820. The van der Waals surface area contributed by atoms with E-state index in [2.05, 4.69) is 9.97 Å². The van der Waals surface area contributed by atoms with E-state index in [1.165, 1.54) is 0 Å². The fourth-order valence-corrected chi connectivity index (χ4v) is 4.83. The summed E-state index contributed by atoms with van der Waals surface area (Å²) in [5, 5.41) is 0. The van der Waals surface area contributed by atoms with Gasteiger partial charge in [0.15, 0.2) is 11.2 Å². The predicted octanol–water partition coefficient (Wildman–Crippen LogP) is 10.0. The third-order valence-corrected chi connectivity index (χ3v) is 6.81. The number of hydrogen-bond donors (Lipinski definition) is 0. The summed E-state index contributed by atoms with van der Waals surface area (Å²) in [6.45, 7) is 5.87. The Morgan fingerprint density at radius 2 is 0.976 bits per heavy atom. The Balaban J connectivity index is 0.00000173. The third-order valence-electron chi connectivity index (χ3n) is 6.81. The Hall–Kier alpha value is -4.60. The molecule has 0 fully saturated rings. The SMILES string of the molecule is CC.Cc1ccc(-c2nc3cc(C(c4ccc5oc(-c6ccccc6)nc5c4)(C(F)(F)F)C(F)(F)F)ccc3o2)cc1. The zero-order chi connectivity index (χ0) is 30.3. The highest BCUT2D eigenvalue weighted by Crippen LogP contribution is 2.56. The van der Waals surface area contributed by atoms with Gasteiger partial charge in [-0.3, -0.25) is 0 Å². The molecule has 10 heteroatoms. The lowest BCUT2D eigenvalue weighted by Crippen LogP contribution is -2.54. The highest BCUT2D eigenvalue weighted by molar-refractivity contribution is 5.80. The largest absolute Gasteiger partial charge is 0.436 e. The van der Waals surface area contributed by atoms with Crippen LogP contribution in [0, 0.1) is 6.92 Å². The van der Waals surface area contributed by atoms with Crippen LogP contribution in [0.5, 0.6) is 0 Å². The highest BCUT2D eigenvalue weighted by atomic mass is 19.4. The van der Waals surface area contributed by atoms with Crippen LogP contribution in [0.3, 0.4) is 0 Å². The van der Waals surface area contributed by atoms with Crippen LogP contribution >= 0.6 is 0 Å². The maximum absolute atomic E-state index is 14.8. The molecule has 4 aromatic carbocycles. The smallest absolute Gasteiger partial charge is 0.411 e. The van der Waals surface area contributed by atoms with Gasteiger partial charge in [0.1, 0.15) is 11.0 Å². The number of benzene rings is 4. The lowest BCUT2D eigenvalue weighted by molar-refractivity contribution is -0.288. The van der Waals surface area contributed by atoms with Crippen molar-refractivity contribution < 1.29 is 35.2 Å². The quantitative estimate of drug-likeness (QED) is 0.194. The monoisotopic (exact) mass is 582 g/mol. The van der Waals surface area contributed by atoms with E-state index in [1.54, 1.807) is 54.6 Å². The van der Waals surface area contributed by atoms with Gasteiger partial charge < -0.3 is 8.83 Å². The van der Waals surface area contributed by atoms with Gasteiger partial charge in [0, 0.05) is 11.1 Å². The molecule has 2 heterocycles. The topological polar surface area (TPSA) is 52.1 Å². The fraction of sp³-hybridized carbons (Fsp3) is 0.188. The summed E-state index contributed by atoms with van der Waals surface area (Å²) in [7, 11) is 0. The van der Waals surface area contributed by atoms with E-state index in [0.29, 0.717) is 11.1 Å². The summed E-state index contributed by atoms with van der Waals surface area (Å²) in [6.07, 6.45) is -11.6. The molecule has 0 bridgehead atoms. The zero-order valence-electron chi connectivity index (χ0n) is 22.6. The molecule has 0 saturated heterocycles. The number of oxazole rings is 2. The van der Waals surface area contributed by atoms with E-state index in [1.807, 2.05) is 20.8 Å². The summed E-state index contributed by atoms with van der Waals surface area (Å²) >= 11 is 0. The van der Waals surface area contributed by atoms with Crippen molar-refractivity contribution in [2.45, 2.75) is 38.5 Å². The first-order valence-corrected chi connectivity index (χ1v) is 13.1. The van der Waals surface area contributed by atoms with Crippen LogP contribution in [0.15, 0.2) is 99.8 Å². The van der Waals surface area contributed by atoms with Gasteiger partial charge in [0.25, 0.3) is 0 Å². The molecule has 4 nitrogen and oxygen atoms in total. The van der Waals surface area contributed by atoms with E-state index in [9.17, 15) is 26.3 Å². The minimum atomic E-state index is -5.78. The van der Waals surface area contributed by atoms with Crippen molar-refractivity contribution in [2.75, 3.05) is 0 Å². The standard InChI is InChI=1S/C30H18F6N2O2.C2H6/c1-17-7-9-19(10-8-17)27-38-23-16-21(12-14-25(23)40-27)28(29(31,32)33,30(34,35)36)20-11-13-24-22(15-20)37-26(39-24)18-5-3-2-4-6-18;1-2/h2-16H,1H3;1-2H3. The number of hydrogen-bond acceptors (Lipinski definition) is 4. The molecule has 42 heavy (non-hydrogen) atoms. The molecule has 0 unspecified atom stereocenters. The van der Waals surface area contributed by atoms with Crippen molar-refractivity contribution in [2.24, 2.45) is 0 Å². The number of alkyl halides is 6. The first-order valence-electron chi connectivity index (χ1n) is 13.1. The third kappa shape index (κ3) is 4.80. The van der Waals surface area contributed by atoms with Crippen molar-refractivity contribution in [1.82, 2.24) is 9.97 Å². The lowest BCUT2D eigenvalue weighted by Gasteiger charge is -2.38. The van der Waals surface area contributed by atoms with Crippen molar-refractivity contribution >= 4 is 22.2 Å². The molecule has 6 rings (SSSR count). The van der Waals surface area contributed by atoms with Gasteiger partial charge >= 0.3 is 12.4 Å². The van der Waals surface area contributed by atoms with E-state index >= 15 is 0 Å². The fourth-order valence-electron chi connectivity index (χ4n) is 4.83.